The van der Waals surface area contributed by atoms with Gasteiger partial charge in [0.1, 0.15) is 11.3 Å². The molecule has 0 saturated carbocycles. The number of fused-ring (bicyclic) bond motifs is 1. The molecule has 3 N–H and O–H groups in total. The number of benzene rings is 1. The third-order valence-corrected chi connectivity index (χ3v) is 4.38. The molecule has 1 aromatic heterocycles. The van der Waals surface area contributed by atoms with E-state index in [1.54, 1.807) is 31.2 Å². The smallest absolute Gasteiger partial charge is 0.340 e. The fourth-order valence-electron chi connectivity index (χ4n) is 3.27. The molecule has 0 bridgehead atoms. The summed E-state index contributed by atoms with van der Waals surface area (Å²) in [6.07, 6.45) is 0. The summed E-state index contributed by atoms with van der Waals surface area (Å²) in [5.74, 6) is -0.574. The van der Waals surface area contributed by atoms with Crippen molar-refractivity contribution in [3.8, 4) is 17.2 Å². The highest BCUT2D eigenvalue weighted by Crippen LogP contribution is 2.46. The minimum Gasteiger partial charge on any atom is -0.493 e. The summed E-state index contributed by atoms with van der Waals surface area (Å²) in [6.45, 7) is 1.72. The molecule has 0 spiro atoms. The van der Waals surface area contributed by atoms with Gasteiger partial charge in [-0.25, -0.2) is 4.79 Å². The maximum Gasteiger partial charge on any atom is 0.340 e. The number of carbonyl (C=O) groups excluding carboxylic acids is 1. The molecule has 0 saturated heterocycles. The van der Waals surface area contributed by atoms with Gasteiger partial charge >= 0.3 is 5.97 Å². The molecule has 142 valence electrons. The lowest BCUT2D eigenvalue weighted by atomic mass is 9.83. The van der Waals surface area contributed by atoms with Crippen LogP contribution in [0.25, 0.3) is 0 Å². The van der Waals surface area contributed by atoms with E-state index in [9.17, 15) is 9.59 Å². The number of hydrogen-bond donors (Lipinski definition) is 2. The molecule has 0 aliphatic carbocycles. The van der Waals surface area contributed by atoms with E-state index in [-0.39, 0.29) is 22.8 Å². The normalized spacial score (nSPS) is 15.6. The summed E-state index contributed by atoms with van der Waals surface area (Å²) >= 11 is 0. The summed E-state index contributed by atoms with van der Waals surface area (Å²) in [5.41, 5.74) is 7.02. The Morgan fingerprint density at radius 2 is 1.96 bits per heavy atom. The monoisotopic (exact) mass is 372 g/mol. The average Bonchev–Trinajstić information content (AvgIpc) is 2.65. The second-order valence-corrected chi connectivity index (χ2v) is 5.95. The zero-order valence-electron chi connectivity index (χ0n) is 15.4. The maximum atomic E-state index is 12.8. The SMILES string of the molecule is COC(=O)C1=C(N)Oc2cc(C)[nH]c(=O)c2[C@@H]1c1cccc(OC)c1OC. The number of aromatic nitrogens is 1. The highest BCUT2D eigenvalue weighted by Gasteiger charge is 2.39. The zero-order valence-corrected chi connectivity index (χ0v) is 15.4. The molecule has 0 amide bonds. The second-order valence-electron chi connectivity index (χ2n) is 5.95. The quantitative estimate of drug-likeness (QED) is 0.783. The molecule has 0 radical (unpaired) electrons. The van der Waals surface area contributed by atoms with Crippen LogP contribution in [0.1, 0.15) is 22.7 Å². The van der Waals surface area contributed by atoms with Gasteiger partial charge in [-0.15, -0.1) is 0 Å². The van der Waals surface area contributed by atoms with Crippen molar-refractivity contribution in [2.45, 2.75) is 12.8 Å². The first-order valence-corrected chi connectivity index (χ1v) is 8.13. The largest absolute Gasteiger partial charge is 0.493 e. The Balaban J connectivity index is 2.38. The van der Waals surface area contributed by atoms with Crippen LogP contribution in [-0.2, 0) is 9.53 Å². The van der Waals surface area contributed by atoms with Crippen molar-refractivity contribution < 1.29 is 23.7 Å². The van der Waals surface area contributed by atoms with Gasteiger partial charge in [0, 0.05) is 17.3 Å². The number of carbonyl (C=O) groups is 1. The number of H-pyrrole nitrogens is 1. The van der Waals surface area contributed by atoms with Gasteiger partial charge < -0.3 is 29.7 Å². The lowest BCUT2D eigenvalue weighted by molar-refractivity contribution is -0.136. The number of nitrogens with two attached hydrogens (primary N) is 1. The topological polar surface area (TPSA) is 113 Å². The molecule has 1 aliphatic heterocycles. The van der Waals surface area contributed by atoms with Crippen LogP contribution >= 0.6 is 0 Å². The third kappa shape index (κ3) is 2.99. The lowest BCUT2D eigenvalue weighted by Crippen LogP contribution is -2.32. The number of ether oxygens (including phenoxy) is 4. The predicted octanol–water partition coefficient (Wildman–Crippen LogP) is 1.57. The van der Waals surface area contributed by atoms with Gasteiger partial charge in [0.2, 0.25) is 5.88 Å². The highest BCUT2D eigenvalue weighted by molar-refractivity contribution is 5.92. The summed E-state index contributed by atoms with van der Waals surface area (Å²) < 4.78 is 21.3. The van der Waals surface area contributed by atoms with Crippen molar-refractivity contribution >= 4 is 5.97 Å². The van der Waals surface area contributed by atoms with Crippen LogP contribution in [0.3, 0.4) is 0 Å². The van der Waals surface area contributed by atoms with E-state index in [1.165, 1.54) is 21.3 Å². The molecule has 27 heavy (non-hydrogen) atoms. The number of methoxy groups -OCH3 is 3. The Labute approximate surface area is 155 Å². The Morgan fingerprint density at radius 3 is 2.59 bits per heavy atom. The summed E-state index contributed by atoms with van der Waals surface area (Å²) in [5, 5.41) is 0. The maximum absolute atomic E-state index is 12.8. The minimum absolute atomic E-state index is 0.0194. The van der Waals surface area contributed by atoms with Crippen molar-refractivity contribution in [2.24, 2.45) is 5.73 Å². The van der Waals surface area contributed by atoms with Crippen LogP contribution in [0, 0.1) is 6.92 Å². The van der Waals surface area contributed by atoms with Gasteiger partial charge in [-0.3, -0.25) is 4.79 Å². The van der Waals surface area contributed by atoms with E-state index in [0.717, 1.165) is 0 Å². The van der Waals surface area contributed by atoms with Gasteiger partial charge in [0.05, 0.1) is 32.8 Å². The van der Waals surface area contributed by atoms with E-state index in [4.69, 9.17) is 24.7 Å². The highest BCUT2D eigenvalue weighted by atomic mass is 16.5. The molecule has 2 aromatic rings. The molecule has 1 atom stereocenters. The number of nitrogens with one attached hydrogen (secondary N) is 1. The van der Waals surface area contributed by atoms with Crippen molar-refractivity contribution in [1.29, 1.82) is 0 Å². The molecule has 1 aliphatic rings. The lowest BCUT2D eigenvalue weighted by Gasteiger charge is -2.28. The predicted molar refractivity (Wildman–Crippen MR) is 97.0 cm³/mol. The number of pyridine rings is 1. The van der Waals surface area contributed by atoms with Crippen molar-refractivity contribution in [3.05, 3.63) is 62.9 Å². The first-order valence-electron chi connectivity index (χ1n) is 8.13. The van der Waals surface area contributed by atoms with Crippen molar-refractivity contribution in [1.82, 2.24) is 4.98 Å². The molecule has 1 aromatic carbocycles. The number of hydrogen-bond acceptors (Lipinski definition) is 7. The molecule has 0 unspecified atom stereocenters. The van der Waals surface area contributed by atoms with Gasteiger partial charge in [-0.1, -0.05) is 12.1 Å². The molecule has 8 heteroatoms. The van der Waals surface area contributed by atoms with E-state index in [0.29, 0.717) is 22.8 Å². The molecular weight excluding hydrogens is 352 g/mol. The van der Waals surface area contributed by atoms with E-state index < -0.39 is 17.4 Å². The van der Waals surface area contributed by atoms with Crippen LogP contribution in [0.4, 0.5) is 0 Å². The van der Waals surface area contributed by atoms with Crippen molar-refractivity contribution in [3.63, 3.8) is 0 Å². The zero-order chi connectivity index (χ0) is 19.7. The number of rotatable bonds is 4. The van der Waals surface area contributed by atoms with Crippen LogP contribution < -0.4 is 25.5 Å². The fraction of sp³-hybridized carbons (Fsp3) is 0.263. The Morgan fingerprint density at radius 1 is 1.22 bits per heavy atom. The van der Waals surface area contributed by atoms with E-state index >= 15 is 0 Å². The summed E-state index contributed by atoms with van der Waals surface area (Å²) in [7, 11) is 4.21. The second kappa shape index (κ2) is 7.06. The van der Waals surface area contributed by atoms with Gasteiger partial charge in [0.25, 0.3) is 5.56 Å². The van der Waals surface area contributed by atoms with Gasteiger partial charge in [-0.05, 0) is 13.0 Å². The fourth-order valence-corrected chi connectivity index (χ4v) is 3.27. The molecule has 0 fully saturated rings. The first-order chi connectivity index (χ1) is 12.9. The van der Waals surface area contributed by atoms with E-state index in [1.807, 2.05) is 0 Å². The van der Waals surface area contributed by atoms with Crippen LogP contribution in [-0.4, -0.2) is 32.3 Å². The first kappa shape index (κ1) is 18.4. The van der Waals surface area contributed by atoms with E-state index in [2.05, 4.69) is 4.98 Å². The molecule has 2 heterocycles. The molecule has 8 nitrogen and oxygen atoms in total. The average molecular weight is 372 g/mol. The third-order valence-electron chi connectivity index (χ3n) is 4.38. The minimum atomic E-state index is -0.851. The Kier molecular flexibility index (Phi) is 4.81. The Hall–Kier alpha value is -3.42. The van der Waals surface area contributed by atoms with Crippen molar-refractivity contribution in [2.75, 3.05) is 21.3 Å². The molecular formula is C19H20N2O6. The number of aryl methyl sites for hydroxylation is 1. The number of para-hydroxylation sites is 1. The van der Waals surface area contributed by atoms with Crippen LogP contribution in [0.15, 0.2) is 40.5 Å². The van der Waals surface area contributed by atoms with Gasteiger partial charge in [-0.2, -0.15) is 0 Å². The summed E-state index contributed by atoms with van der Waals surface area (Å²) in [6, 6.07) is 6.83. The Bertz CT molecular complexity index is 992. The standard InChI is InChI=1S/C19H20N2O6/c1-9-8-12-14(18(22)21-9)13(15(17(20)27-12)19(23)26-4)10-6-5-7-11(24-2)16(10)25-3/h5-8,13H,20H2,1-4H3,(H,21,22)/t13-/m0/s1. The number of esters is 1. The number of aromatic amines is 1. The van der Waals surface area contributed by atoms with Gasteiger partial charge in [0.15, 0.2) is 11.5 Å². The summed E-state index contributed by atoms with van der Waals surface area (Å²) in [4.78, 5) is 28.0. The molecule has 3 rings (SSSR count). The van der Waals surface area contributed by atoms with Crippen LogP contribution in [0.2, 0.25) is 0 Å². The van der Waals surface area contributed by atoms with Crippen LogP contribution in [0.5, 0.6) is 17.2 Å².